The van der Waals surface area contributed by atoms with E-state index in [0.717, 1.165) is 6.42 Å². The second-order valence-electron chi connectivity index (χ2n) is 4.59. The first-order valence-corrected chi connectivity index (χ1v) is 6.45. The standard InChI is InChI=1S/C14H18FNO3/c1-2-19-13(17)14(7-4-8-18-10-14)16-12-6-3-5-11(15)9-12/h3,5-6,9,16H,2,4,7-8,10H2,1H3. The molecule has 1 aliphatic rings. The zero-order chi connectivity index (χ0) is 13.7. The van der Waals surface area contributed by atoms with Gasteiger partial charge in [-0.25, -0.2) is 9.18 Å². The minimum atomic E-state index is -0.915. The largest absolute Gasteiger partial charge is 0.464 e. The van der Waals surface area contributed by atoms with Crippen molar-refractivity contribution in [3.8, 4) is 0 Å². The van der Waals surface area contributed by atoms with E-state index >= 15 is 0 Å². The third kappa shape index (κ3) is 3.23. The third-order valence-corrected chi connectivity index (χ3v) is 3.12. The lowest BCUT2D eigenvalue weighted by Crippen LogP contribution is -2.53. The number of ether oxygens (including phenoxy) is 2. The van der Waals surface area contributed by atoms with E-state index in [9.17, 15) is 9.18 Å². The molecule has 2 rings (SSSR count). The van der Waals surface area contributed by atoms with Gasteiger partial charge in [-0.2, -0.15) is 0 Å². The number of rotatable bonds is 4. The molecule has 104 valence electrons. The van der Waals surface area contributed by atoms with Crippen LogP contribution in [-0.4, -0.2) is 31.3 Å². The molecule has 5 heteroatoms. The summed E-state index contributed by atoms with van der Waals surface area (Å²) in [7, 11) is 0. The van der Waals surface area contributed by atoms with Crippen molar-refractivity contribution in [1.29, 1.82) is 0 Å². The van der Waals surface area contributed by atoms with Crippen LogP contribution in [-0.2, 0) is 14.3 Å². The summed E-state index contributed by atoms with van der Waals surface area (Å²) in [4.78, 5) is 12.2. The summed E-state index contributed by atoms with van der Waals surface area (Å²) in [5.74, 6) is -0.695. The van der Waals surface area contributed by atoms with E-state index in [2.05, 4.69) is 5.32 Å². The van der Waals surface area contributed by atoms with Crippen molar-refractivity contribution >= 4 is 11.7 Å². The van der Waals surface area contributed by atoms with E-state index in [1.165, 1.54) is 12.1 Å². The van der Waals surface area contributed by atoms with Crippen molar-refractivity contribution < 1.29 is 18.7 Å². The fourth-order valence-electron chi connectivity index (χ4n) is 2.22. The van der Waals surface area contributed by atoms with E-state index in [0.29, 0.717) is 25.3 Å². The van der Waals surface area contributed by atoms with Crippen LogP contribution in [0.4, 0.5) is 10.1 Å². The average Bonchev–Trinajstić information content (AvgIpc) is 2.40. The maximum absolute atomic E-state index is 13.2. The summed E-state index contributed by atoms with van der Waals surface area (Å²) < 4.78 is 23.7. The van der Waals surface area contributed by atoms with E-state index in [1.807, 2.05) is 0 Å². The van der Waals surface area contributed by atoms with E-state index in [-0.39, 0.29) is 18.4 Å². The number of halogens is 1. The van der Waals surface area contributed by atoms with Crippen LogP contribution < -0.4 is 5.32 Å². The second kappa shape index (κ2) is 6.02. The molecular weight excluding hydrogens is 249 g/mol. The molecule has 0 radical (unpaired) electrons. The van der Waals surface area contributed by atoms with Crippen molar-refractivity contribution in [3.05, 3.63) is 30.1 Å². The molecule has 1 fully saturated rings. The van der Waals surface area contributed by atoms with Crippen molar-refractivity contribution in [2.24, 2.45) is 0 Å². The van der Waals surface area contributed by atoms with Crippen LogP contribution in [0.25, 0.3) is 0 Å². The number of nitrogens with one attached hydrogen (secondary N) is 1. The average molecular weight is 267 g/mol. The Bertz CT molecular complexity index is 444. The van der Waals surface area contributed by atoms with Crippen LogP contribution in [0.2, 0.25) is 0 Å². The Kier molecular flexibility index (Phi) is 4.37. The van der Waals surface area contributed by atoms with E-state index in [4.69, 9.17) is 9.47 Å². The summed E-state index contributed by atoms with van der Waals surface area (Å²) in [6, 6.07) is 6.04. The van der Waals surface area contributed by atoms with Gasteiger partial charge in [0.1, 0.15) is 5.82 Å². The van der Waals surface area contributed by atoms with Gasteiger partial charge in [0.05, 0.1) is 13.2 Å². The highest BCUT2D eigenvalue weighted by Crippen LogP contribution is 2.26. The van der Waals surface area contributed by atoms with Crippen molar-refractivity contribution in [1.82, 2.24) is 0 Å². The molecule has 1 atom stereocenters. The topological polar surface area (TPSA) is 47.6 Å². The van der Waals surface area contributed by atoms with Gasteiger partial charge in [-0.3, -0.25) is 0 Å². The minimum absolute atomic E-state index is 0.238. The summed E-state index contributed by atoms with van der Waals surface area (Å²) in [6.45, 7) is 2.94. The number of carbonyl (C=O) groups excluding carboxylic acids is 1. The van der Waals surface area contributed by atoms with Gasteiger partial charge in [0.25, 0.3) is 0 Å². The SMILES string of the molecule is CCOC(=O)C1(Nc2cccc(F)c2)CCCOC1. The van der Waals surface area contributed by atoms with Crippen molar-refractivity contribution in [3.63, 3.8) is 0 Å². The van der Waals surface area contributed by atoms with Crippen molar-refractivity contribution in [2.75, 3.05) is 25.1 Å². The summed E-state index contributed by atoms with van der Waals surface area (Å²) in [5.41, 5.74) is -0.360. The van der Waals surface area contributed by atoms with Crippen LogP contribution in [0.15, 0.2) is 24.3 Å². The number of hydrogen-bond acceptors (Lipinski definition) is 4. The molecule has 1 aliphatic heterocycles. The van der Waals surface area contributed by atoms with Gasteiger partial charge >= 0.3 is 5.97 Å². The second-order valence-corrected chi connectivity index (χ2v) is 4.59. The van der Waals surface area contributed by atoms with Crippen LogP contribution in [0.3, 0.4) is 0 Å². The summed E-state index contributed by atoms with van der Waals surface area (Å²) in [6.07, 6.45) is 1.38. The first-order valence-electron chi connectivity index (χ1n) is 6.45. The molecule has 1 aromatic carbocycles. The van der Waals surface area contributed by atoms with Gasteiger partial charge in [0.2, 0.25) is 0 Å². The highest BCUT2D eigenvalue weighted by atomic mass is 19.1. The molecule has 1 heterocycles. The zero-order valence-corrected chi connectivity index (χ0v) is 10.9. The van der Waals surface area contributed by atoms with Crippen LogP contribution in [0.5, 0.6) is 0 Å². The van der Waals surface area contributed by atoms with Crippen molar-refractivity contribution in [2.45, 2.75) is 25.3 Å². The fraction of sp³-hybridized carbons (Fsp3) is 0.500. The zero-order valence-electron chi connectivity index (χ0n) is 10.9. The maximum Gasteiger partial charge on any atom is 0.334 e. The first-order chi connectivity index (χ1) is 9.16. The van der Waals surface area contributed by atoms with Crippen LogP contribution >= 0.6 is 0 Å². The summed E-state index contributed by atoms with van der Waals surface area (Å²) >= 11 is 0. The lowest BCUT2D eigenvalue weighted by molar-refractivity contribution is -0.153. The molecule has 0 bridgehead atoms. The van der Waals surface area contributed by atoms with Gasteiger partial charge in [0.15, 0.2) is 5.54 Å². The lowest BCUT2D eigenvalue weighted by Gasteiger charge is -2.36. The predicted molar refractivity (Wildman–Crippen MR) is 69.4 cm³/mol. The van der Waals surface area contributed by atoms with Gasteiger partial charge in [-0.15, -0.1) is 0 Å². The van der Waals surface area contributed by atoms with Gasteiger partial charge < -0.3 is 14.8 Å². The normalized spacial score (nSPS) is 22.8. The highest BCUT2D eigenvalue weighted by Gasteiger charge is 2.42. The molecule has 4 nitrogen and oxygen atoms in total. The molecule has 0 aliphatic carbocycles. The van der Waals surface area contributed by atoms with Gasteiger partial charge in [-0.05, 0) is 38.0 Å². The first kappa shape index (κ1) is 13.8. The Morgan fingerprint density at radius 2 is 2.42 bits per heavy atom. The molecule has 1 N–H and O–H groups in total. The van der Waals surface area contributed by atoms with Gasteiger partial charge in [0, 0.05) is 12.3 Å². The lowest BCUT2D eigenvalue weighted by atomic mass is 9.92. The number of benzene rings is 1. The van der Waals surface area contributed by atoms with Crippen LogP contribution in [0, 0.1) is 5.82 Å². The number of esters is 1. The van der Waals surface area contributed by atoms with E-state index in [1.54, 1.807) is 19.1 Å². The Labute approximate surface area is 111 Å². The minimum Gasteiger partial charge on any atom is -0.464 e. The molecule has 19 heavy (non-hydrogen) atoms. The van der Waals surface area contributed by atoms with Crippen LogP contribution in [0.1, 0.15) is 19.8 Å². The highest BCUT2D eigenvalue weighted by molar-refractivity contribution is 5.85. The molecule has 1 aromatic rings. The fourth-order valence-corrected chi connectivity index (χ4v) is 2.22. The van der Waals surface area contributed by atoms with E-state index < -0.39 is 5.54 Å². The number of hydrogen-bond donors (Lipinski definition) is 1. The molecule has 0 spiro atoms. The molecule has 0 aromatic heterocycles. The maximum atomic E-state index is 13.2. The number of carbonyl (C=O) groups is 1. The number of anilines is 1. The molecule has 1 unspecified atom stereocenters. The Morgan fingerprint density at radius 3 is 3.05 bits per heavy atom. The van der Waals surface area contributed by atoms with Gasteiger partial charge in [-0.1, -0.05) is 6.07 Å². The Morgan fingerprint density at radius 1 is 1.58 bits per heavy atom. The Hall–Kier alpha value is -1.62. The molecule has 1 saturated heterocycles. The third-order valence-electron chi connectivity index (χ3n) is 3.12. The molecular formula is C14H18FNO3. The quantitative estimate of drug-likeness (QED) is 0.851. The molecule has 0 saturated carbocycles. The predicted octanol–water partition coefficient (Wildman–Crippen LogP) is 2.35. The Balaban J connectivity index is 2.20. The summed E-state index contributed by atoms with van der Waals surface area (Å²) in [5, 5.41) is 3.08. The smallest absolute Gasteiger partial charge is 0.334 e. The monoisotopic (exact) mass is 267 g/mol. The molecule has 0 amide bonds.